The van der Waals surface area contributed by atoms with Crippen LogP contribution in [0.15, 0.2) is 42.5 Å². The average molecular weight is 290 g/mol. The number of rotatable bonds is 5. The van der Waals surface area contributed by atoms with Gasteiger partial charge in [-0.05, 0) is 36.2 Å². The molecule has 2 aromatic carbocycles. The Balaban J connectivity index is 2.35. The van der Waals surface area contributed by atoms with Crippen molar-refractivity contribution in [3.05, 3.63) is 65.2 Å². The van der Waals surface area contributed by atoms with Crippen molar-refractivity contribution >= 4 is 5.69 Å². The van der Waals surface area contributed by atoms with E-state index < -0.39 is 17.7 Å². The number of benzene rings is 2. The van der Waals surface area contributed by atoms with Crippen molar-refractivity contribution in [3.63, 3.8) is 0 Å². The maximum absolute atomic E-state index is 14.0. The van der Waals surface area contributed by atoms with Crippen molar-refractivity contribution in [1.29, 1.82) is 0 Å². The highest BCUT2D eigenvalue weighted by atomic mass is 19.1. The summed E-state index contributed by atoms with van der Waals surface area (Å²) in [5.41, 5.74) is 7.87. The van der Waals surface area contributed by atoms with E-state index in [9.17, 15) is 8.78 Å². The quantitative estimate of drug-likeness (QED) is 0.910. The average Bonchev–Trinajstić information content (AvgIpc) is 2.50. The summed E-state index contributed by atoms with van der Waals surface area (Å²) >= 11 is 0. The van der Waals surface area contributed by atoms with Crippen molar-refractivity contribution in [3.8, 4) is 0 Å². The summed E-state index contributed by atoms with van der Waals surface area (Å²) in [5.74, 6) is -1.13. The third-order valence-corrected chi connectivity index (χ3v) is 3.78. The Bertz CT molecular complexity index is 576. The molecule has 2 N–H and O–H groups in total. The Morgan fingerprint density at radius 1 is 1.05 bits per heavy atom. The number of hydrogen-bond acceptors (Lipinski definition) is 2. The van der Waals surface area contributed by atoms with Gasteiger partial charge in [-0.15, -0.1) is 0 Å². The molecule has 4 heteroatoms. The first-order valence-corrected chi connectivity index (χ1v) is 7.04. The molecule has 0 aliphatic rings. The van der Waals surface area contributed by atoms with Crippen LogP contribution in [0.2, 0.25) is 0 Å². The molecule has 0 aromatic heterocycles. The van der Waals surface area contributed by atoms with Crippen LogP contribution in [0.5, 0.6) is 0 Å². The fourth-order valence-corrected chi connectivity index (χ4v) is 2.45. The van der Waals surface area contributed by atoms with E-state index in [1.807, 2.05) is 24.3 Å². The first-order valence-electron chi connectivity index (χ1n) is 7.04. The van der Waals surface area contributed by atoms with E-state index in [0.717, 1.165) is 12.1 Å². The maximum atomic E-state index is 14.0. The molecule has 2 aromatic rings. The highest BCUT2D eigenvalue weighted by Crippen LogP contribution is 2.28. The number of nitrogens with zero attached hydrogens (tertiary/aromatic N) is 1. The molecule has 1 unspecified atom stereocenters. The van der Waals surface area contributed by atoms with Crippen LogP contribution < -0.4 is 10.6 Å². The molecule has 2 nitrogen and oxygen atoms in total. The van der Waals surface area contributed by atoms with Gasteiger partial charge < -0.3 is 10.6 Å². The van der Waals surface area contributed by atoms with Crippen LogP contribution in [0.4, 0.5) is 14.5 Å². The number of nitrogens with two attached hydrogens (primary N) is 1. The van der Waals surface area contributed by atoms with Gasteiger partial charge >= 0.3 is 0 Å². The van der Waals surface area contributed by atoms with Crippen LogP contribution in [0.1, 0.15) is 24.1 Å². The number of anilines is 1. The van der Waals surface area contributed by atoms with Crippen LogP contribution in [0, 0.1) is 11.6 Å². The van der Waals surface area contributed by atoms with Crippen LogP contribution in [0.3, 0.4) is 0 Å². The van der Waals surface area contributed by atoms with Crippen LogP contribution in [0.25, 0.3) is 0 Å². The summed E-state index contributed by atoms with van der Waals surface area (Å²) in [6.07, 6.45) is 0.951. The van der Waals surface area contributed by atoms with E-state index >= 15 is 0 Å². The van der Waals surface area contributed by atoms with Gasteiger partial charge in [0, 0.05) is 24.8 Å². The Morgan fingerprint density at radius 2 is 1.62 bits per heavy atom. The smallest absolute Gasteiger partial charge is 0.131 e. The van der Waals surface area contributed by atoms with Crippen LogP contribution in [-0.2, 0) is 6.42 Å². The summed E-state index contributed by atoms with van der Waals surface area (Å²) in [5, 5.41) is 0. The molecule has 0 aliphatic heterocycles. The summed E-state index contributed by atoms with van der Waals surface area (Å²) in [4.78, 5) is 1.81. The lowest BCUT2D eigenvalue weighted by Crippen LogP contribution is -2.32. The lowest BCUT2D eigenvalue weighted by Gasteiger charge is -2.30. The van der Waals surface area contributed by atoms with Crippen molar-refractivity contribution in [2.24, 2.45) is 5.73 Å². The van der Waals surface area contributed by atoms with Crippen molar-refractivity contribution < 1.29 is 8.78 Å². The molecule has 0 radical (unpaired) electrons. The molecule has 2 rings (SSSR count). The van der Waals surface area contributed by atoms with E-state index in [4.69, 9.17) is 5.73 Å². The van der Waals surface area contributed by atoms with Crippen molar-refractivity contribution in [1.82, 2.24) is 0 Å². The van der Waals surface area contributed by atoms with Crippen LogP contribution in [-0.4, -0.2) is 13.6 Å². The number of hydrogen-bond donors (Lipinski definition) is 1. The first-order chi connectivity index (χ1) is 10.1. The fraction of sp³-hybridized carbons (Fsp3) is 0.294. The Hall–Kier alpha value is -1.94. The Kier molecular flexibility index (Phi) is 4.91. The predicted octanol–water partition coefficient (Wildman–Crippen LogP) is 3.66. The minimum Gasteiger partial charge on any atom is -0.366 e. The van der Waals surface area contributed by atoms with Gasteiger partial charge in [0.2, 0.25) is 0 Å². The molecule has 0 amide bonds. The molecule has 0 bridgehead atoms. The molecule has 21 heavy (non-hydrogen) atoms. The zero-order chi connectivity index (χ0) is 15.4. The minimum absolute atomic E-state index is 0.0158. The SMILES string of the molecule is CCc1ccc(N(C)C(CN)c2c(F)cccc2F)cc1. The van der Waals surface area contributed by atoms with Gasteiger partial charge in [-0.1, -0.05) is 25.1 Å². The molecule has 0 saturated heterocycles. The second-order valence-electron chi connectivity index (χ2n) is 5.02. The Labute approximate surface area is 124 Å². The molecule has 112 valence electrons. The van der Waals surface area contributed by atoms with Gasteiger partial charge in [0.1, 0.15) is 11.6 Å². The van der Waals surface area contributed by atoms with E-state index in [-0.39, 0.29) is 12.1 Å². The second-order valence-corrected chi connectivity index (χ2v) is 5.02. The van der Waals surface area contributed by atoms with Gasteiger partial charge in [-0.25, -0.2) is 8.78 Å². The third kappa shape index (κ3) is 3.22. The normalized spacial score (nSPS) is 12.2. The first kappa shape index (κ1) is 15.4. The summed E-state index contributed by atoms with van der Waals surface area (Å²) in [7, 11) is 1.80. The topological polar surface area (TPSA) is 29.3 Å². The number of aryl methyl sites for hydroxylation is 1. The third-order valence-electron chi connectivity index (χ3n) is 3.78. The molecule has 0 spiro atoms. The zero-order valence-corrected chi connectivity index (χ0v) is 12.3. The molecule has 0 aliphatic carbocycles. The summed E-state index contributed by atoms with van der Waals surface area (Å²) in [6.45, 7) is 2.21. The second kappa shape index (κ2) is 6.68. The number of likely N-dealkylation sites (N-methyl/N-ethyl adjacent to an activating group) is 1. The molecular formula is C17H20F2N2. The Morgan fingerprint density at radius 3 is 2.10 bits per heavy atom. The van der Waals surface area contributed by atoms with Crippen molar-refractivity contribution in [2.75, 3.05) is 18.5 Å². The number of halogens is 2. The lowest BCUT2D eigenvalue weighted by atomic mass is 10.0. The van der Waals surface area contributed by atoms with Gasteiger partial charge in [-0.3, -0.25) is 0 Å². The van der Waals surface area contributed by atoms with E-state index in [0.29, 0.717) is 0 Å². The maximum Gasteiger partial charge on any atom is 0.131 e. The molecule has 1 atom stereocenters. The molecule has 0 fully saturated rings. The zero-order valence-electron chi connectivity index (χ0n) is 12.3. The fourth-order valence-electron chi connectivity index (χ4n) is 2.45. The van der Waals surface area contributed by atoms with E-state index in [2.05, 4.69) is 6.92 Å². The van der Waals surface area contributed by atoms with Gasteiger partial charge in [-0.2, -0.15) is 0 Å². The predicted molar refractivity (Wildman–Crippen MR) is 82.4 cm³/mol. The molecule has 0 saturated carbocycles. The van der Waals surface area contributed by atoms with E-state index in [1.54, 1.807) is 11.9 Å². The van der Waals surface area contributed by atoms with Gasteiger partial charge in [0.05, 0.1) is 6.04 Å². The summed E-state index contributed by atoms with van der Waals surface area (Å²) < 4.78 is 27.9. The van der Waals surface area contributed by atoms with Crippen LogP contribution >= 0.6 is 0 Å². The van der Waals surface area contributed by atoms with E-state index in [1.165, 1.54) is 23.8 Å². The van der Waals surface area contributed by atoms with Gasteiger partial charge in [0.25, 0.3) is 0 Å². The standard InChI is InChI=1S/C17H20F2N2/c1-3-12-7-9-13(10-8-12)21(2)16(11-20)17-14(18)5-4-6-15(17)19/h4-10,16H,3,11,20H2,1-2H3. The monoisotopic (exact) mass is 290 g/mol. The minimum atomic E-state index is -0.567. The highest BCUT2D eigenvalue weighted by Gasteiger charge is 2.23. The highest BCUT2D eigenvalue weighted by molar-refractivity contribution is 5.49. The molecular weight excluding hydrogens is 270 g/mol. The summed E-state index contributed by atoms with van der Waals surface area (Å²) in [6, 6.07) is 11.2. The molecule has 0 heterocycles. The largest absolute Gasteiger partial charge is 0.366 e. The van der Waals surface area contributed by atoms with Gasteiger partial charge in [0.15, 0.2) is 0 Å². The van der Waals surface area contributed by atoms with Crippen molar-refractivity contribution in [2.45, 2.75) is 19.4 Å². The lowest BCUT2D eigenvalue weighted by molar-refractivity contribution is 0.519.